The Labute approximate surface area is 106 Å². The summed E-state index contributed by atoms with van der Waals surface area (Å²) in [6, 6.07) is 0. The normalized spacial score (nSPS) is 30.4. The molecule has 0 radical (unpaired) electrons. The molecule has 3 N–H and O–H groups in total. The van der Waals surface area contributed by atoms with Gasteiger partial charge in [-0.05, 0) is 38.5 Å². The number of amides is 1. The third kappa shape index (κ3) is 2.66. The zero-order valence-corrected chi connectivity index (χ0v) is 10.6. The molecule has 0 aliphatic heterocycles. The molecule has 3 nitrogen and oxygen atoms in total. The molecule has 0 atom stereocenters. The van der Waals surface area contributed by atoms with Gasteiger partial charge in [-0.3, -0.25) is 10.2 Å². The number of hydrogen-bond acceptors (Lipinski definition) is 2. The van der Waals surface area contributed by atoms with Gasteiger partial charge in [-0.2, -0.15) is 0 Å². The Kier molecular flexibility index (Phi) is 4.20. The van der Waals surface area contributed by atoms with E-state index in [-0.39, 0.29) is 11.8 Å². The number of nitrogens with one attached hydrogen (secondary N) is 1. The van der Waals surface area contributed by atoms with Gasteiger partial charge in [0.1, 0.15) is 0 Å². The molecule has 2 fully saturated rings. The van der Waals surface area contributed by atoms with Crippen LogP contribution in [-0.4, -0.2) is 11.8 Å². The van der Waals surface area contributed by atoms with Gasteiger partial charge in [-0.15, -0.1) is 0 Å². The Balaban J connectivity index is 1.90. The highest BCUT2D eigenvalue weighted by Gasteiger charge is 2.48. The second kappa shape index (κ2) is 5.51. The van der Waals surface area contributed by atoms with Crippen LogP contribution in [0.4, 0.5) is 8.78 Å². The lowest BCUT2D eigenvalue weighted by molar-refractivity contribution is -0.134. The van der Waals surface area contributed by atoms with Gasteiger partial charge in [0, 0.05) is 17.8 Å². The zero-order chi connectivity index (χ0) is 13.2. The monoisotopic (exact) mass is 260 g/mol. The Morgan fingerprint density at radius 3 is 2.00 bits per heavy atom. The first kappa shape index (κ1) is 13.7. The predicted octanol–water partition coefficient (Wildman–Crippen LogP) is 2.61. The second-order valence-corrected chi connectivity index (χ2v) is 5.71. The van der Waals surface area contributed by atoms with E-state index < -0.39 is 17.8 Å². The topological polar surface area (TPSA) is 55.1 Å². The van der Waals surface area contributed by atoms with Crippen molar-refractivity contribution in [3.05, 3.63) is 0 Å². The third-order valence-corrected chi connectivity index (χ3v) is 4.68. The number of hydrazine groups is 1. The molecule has 0 spiro atoms. The summed E-state index contributed by atoms with van der Waals surface area (Å²) >= 11 is 0. The van der Waals surface area contributed by atoms with Crippen molar-refractivity contribution in [3.63, 3.8) is 0 Å². The summed E-state index contributed by atoms with van der Waals surface area (Å²) < 4.78 is 28.6. The van der Waals surface area contributed by atoms with Gasteiger partial charge in [-0.25, -0.2) is 14.6 Å². The lowest BCUT2D eigenvalue weighted by Crippen LogP contribution is -2.42. The average Bonchev–Trinajstić information content (AvgIpc) is 2.92. The van der Waals surface area contributed by atoms with Crippen LogP contribution in [0.5, 0.6) is 0 Å². The van der Waals surface area contributed by atoms with Crippen molar-refractivity contribution in [1.82, 2.24) is 5.43 Å². The molecule has 104 valence electrons. The smallest absolute Gasteiger partial charge is 0.253 e. The van der Waals surface area contributed by atoms with E-state index in [0.717, 1.165) is 12.8 Å². The molecule has 0 heterocycles. The largest absolute Gasteiger partial charge is 0.294 e. The fraction of sp³-hybridized carbons (Fsp3) is 0.923. The molecule has 0 aromatic carbocycles. The van der Waals surface area contributed by atoms with E-state index in [0.29, 0.717) is 38.5 Å². The van der Waals surface area contributed by atoms with Crippen LogP contribution in [0.3, 0.4) is 0 Å². The number of nitrogens with two attached hydrogens (primary N) is 1. The second-order valence-electron chi connectivity index (χ2n) is 5.71. The molecular weight excluding hydrogens is 238 g/mol. The van der Waals surface area contributed by atoms with Gasteiger partial charge in [0.05, 0.1) is 0 Å². The summed E-state index contributed by atoms with van der Waals surface area (Å²) in [5.41, 5.74) is 2.12. The van der Waals surface area contributed by atoms with Crippen molar-refractivity contribution in [2.45, 2.75) is 57.3 Å². The van der Waals surface area contributed by atoms with Crippen LogP contribution in [-0.2, 0) is 4.79 Å². The summed E-state index contributed by atoms with van der Waals surface area (Å²) in [4.78, 5) is 11.4. The van der Waals surface area contributed by atoms with Crippen molar-refractivity contribution in [2.24, 2.45) is 23.6 Å². The standard InChI is InChI=1S/C13H22F2N2O/c14-13(15,10-3-1-2-4-10)11-7-5-9(6-8-11)12(18)17-16/h9-11H,1-8,16H2,(H,17,18)/t9-,11-. The Morgan fingerprint density at radius 1 is 1.00 bits per heavy atom. The summed E-state index contributed by atoms with van der Waals surface area (Å²) in [7, 11) is 0. The van der Waals surface area contributed by atoms with Crippen molar-refractivity contribution in [2.75, 3.05) is 0 Å². The molecule has 2 rings (SSSR count). The van der Waals surface area contributed by atoms with Gasteiger partial charge in [-0.1, -0.05) is 12.8 Å². The lowest BCUT2D eigenvalue weighted by atomic mass is 9.75. The van der Waals surface area contributed by atoms with Crippen LogP contribution in [0, 0.1) is 17.8 Å². The van der Waals surface area contributed by atoms with Crippen molar-refractivity contribution in [3.8, 4) is 0 Å². The van der Waals surface area contributed by atoms with Gasteiger partial charge >= 0.3 is 0 Å². The van der Waals surface area contributed by atoms with E-state index in [1.54, 1.807) is 0 Å². The molecule has 5 heteroatoms. The number of carbonyl (C=O) groups is 1. The van der Waals surface area contributed by atoms with Crippen molar-refractivity contribution in [1.29, 1.82) is 0 Å². The number of halogens is 2. The fourth-order valence-electron chi connectivity index (χ4n) is 3.50. The van der Waals surface area contributed by atoms with Gasteiger partial charge in [0.15, 0.2) is 0 Å². The maximum Gasteiger partial charge on any atom is 0.253 e. The van der Waals surface area contributed by atoms with Gasteiger partial charge < -0.3 is 0 Å². The van der Waals surface area contributed by atoms with Crippen LogP contribution >= 0.6 is 0 Å². The van der Waals surface area contributed by atoms with Crippen LogP contribution in [0.15, 0.2) is 0 Å². The van der Waals surface area contributed by atoms with Crippen LogP contribution in [0.2, 0.25) is 0 Å². The molecule has 0 unspecified atom stereocenters. The van der Waals surface area contributed by atoms with E-state index in [1.165, 1.54) is 0 Å². The van der Waals surface area contributed by atoms with E-state index in [1.807, 2.05) is 0 Å². The molecule has 1 amide bonds. The number of alkyl halides is 2. The van der Waals surface area contributed by atoms with Gasteiger partial charge in [0.2, 0.25) is 5.91 Å². The highest BCUT2D eigenvalue weighted by molar-refractivity contribution is 5.77. The molecule has 0 aromatic heterocycles. The molecule has 0 bridgehead atoms. The number of rotatable bonds is 3. The van der Waals surface area contributed by atoms with Crippen molar-refractivity contribution < 1.29 is 13.6 Å². The molecule has 0 saturated heterocycles. The molecular formula is C13H22F2N2O. The maximum absolute atomic E-state index is 14.3. The van der Waals surface area contributed by atoms with E-state index in [9.17, 15) is 13.6 Å². The van der Waals surface area contributed by atoms with Crippen LogP contribution in [0.25, 0.3) is 0 Å². The zero-order valence-electron chi connectivity index (χ0n) is 10.6. The summed E-state index contributed by atoms with van der Waals surface area (Å²) in [5, 5.41) is 0. The van der Waals surface area contributed by atoms with Crippen LogP contribution < -0.4 is 11.3 Å². The first-order chi connectivity index (χ1) is 8.55. The quantitative estimate of drug-likeness (QED) is 0.465. The molecule has 0 aromatic rings. The van der Waals surface area contributed by atoms with Gasteiger partial charge in [0.25, 0.3) is 5.92 Å². The maximum atomic E-state index is 14.3. The Bertz CT molecular complexity index is 295. The minimum atomic E-state index is -2.54. The first-order valence-electron chi connectivity index (χ1n) is 6.94. The molecule has 18 heavy (non-hydrogen) atoms. The molecule has 2 aliphatic carbocycles. The average molecular weight is 260 g/mol. The SMILES string of the molecule is NNC(=O)[C@H]1CC[C@H](C(F)(F)C2CCCC2)CC1. The summed E-state index contributed by atoms with van der Waals surface area (Å²) in [6.45, 7) is 0. The summed E-state index contributed by atoms with van der Waals surface area (Å²) in [5.74, 6) is 1.18. The number of hydrogen-bond donors (Lipinski definition) is 2. The first-order valence-corrected chi connectivity index (χ1v) is 6.94. The lowest BCUT2D eigenvalue weighted by Gasteiger charge is -2.36. The number of carbonyl (C=O) groups excluding carboxylic acids is 1. The Morgan fingerprint density at radius 2 is 1.50 bits per heavy atom. The van der Waals surface area contributed by atoms with E-state index >= 15 is 0 Å². The molecule has 2 aliphatic rings. The summed E-state index contributed by atoms with van der Waals surface area (Å²) in [6.07, 6.45) is 5.16. The predicted molar refractivity (Wildman–Crippen MR) is 64.7 cm³/mol. The van der Waals surface area contributed by atoms with E-state index in [4.69, 9.17) is 5.84 Å². The van der Waals surface area contributed by atoms with Crippen molar-refractivity contribution >= 4 is 5.91 Å². The highest BCUT2D eigenvalue weighted by Crippen LogP contribution is 2.47. The minimum Gasteiger partial charge on any atom is -0.294 e. The Hall–Kier alpha value is -0.710. The fourth-order valence-corrected chi connectivity index (χ4v) is 3.50. The third-order valence-electron chi connectivity index (χ3n) is 4.68. The minimum absolute atomic E-state index is 0.175. The van der Waals surface area contributed by atoms with Crippen LogP contribution in [0.1, 0.15) is 51.4 Å². The molecule has 2 saturated carbocycles. The van der Waals surface area contributed by atoms with E-state index in [2.05, 4.69) is 5.43 Å². The highest BCUT2D eigenvalue weighted by atomic mass is 19.3.